The van der Waals surface area contributed by atoms with Crippen molar-refractivity contribution in [3.63, 3.8) is 0 Å². The smallest absolute Gasteiger partial charge is 0.184 e. The van der Waals surface area contributed by atoms with Crippen molar-refractivity contribution in [2.75, 3.05) is 0 Å². The van der Waals surface area contributed by atoms with Crippen molar-refractivity contribution in [3.05, 3.63) is 45.4 Å². The maximum atomic E-state index is 5.76. The van der Waals surface area contributed by atoms with E-state index in [9.17, 15) is 0 Å². The summed E-state index contributed by atoms with van der Waals surface area (Å²) in [6.07, 6.45) is 3.31. The number of nitrogens with zero attached hydrogens (tertiary/aromatic N) is 2. The van der Waals surface area contributed by atoms with Crippen LogP contribution in [0, 0.1) is 0 Å². The molecule has 0 aliphatic carbocycles. The first kappa shape index (κ1) is 14.7. The number of hydrogen-bond acceptors (Lipinski definition) is 5. The molecule has 0 amide bonds. The Bertz CT molecular complexity index is 629. The molecular formula is C12H11ClN4OS2. The van der Waals surface area contributed by atoms with Gasteiger partial charge >= 0.3 is 0 Å². The number of rotatable bonds is 5. The van der Waals surface area contributed by atoms with Crippen LogP contribution in [0.15, 0.2) is 35.6 Å². The Morgan fingerprint density at radius 1 is 1.60 bits per heavy atom. The Morgan fingerprint density at radius 3 is 3.15 bits per heavy atom. The van der Waals surface area contributed by atoms with Crippen LogP contribution >= 0.6 is 35.2 Å². The highest BCUT2D eigenvalue weighted by Crippen LogP contribution is 2.20. The second-order valence-corrected chi connectivity index (χ2v) is 5.81. The highest BCUT2D eigenvalue weighted by Gasteiger charge is 2.01. The molecule has 0 fully saturated rings. The van der Waals surface area contributed by atoms with Crippen LogP contribution in [0.25, 0.3) is 0 Å². The van der Waals surface area contributed by atoms with Crippen LogP contribution < -0.4 is 15.9 Å². The van der Waals surface area contributed by atoms with Crippen molar-refractivity contribution < 1.29 is 4.74 Å². The van der Waals surface area contributed by atoms with Crippen LogP contribution in [0.5, 0.6) is 5.75 Å². The first-order valence-corrected chi connectivity index (χ1v) is 7.15. The standard InChI is InChI=1S/C12H11ClN4OS2/c13-11-15-6-10(20-11)7-18-9-3-1-2-8(4-9)5-16-17-12(14)19/h1-6H,7H2,(H3,14,17,19)/b16-5+. The van der Waals surface area contributed by atoms with E-state index in [1.54, 1.807) is 12.4 Å². The molecular weight excluding hydrogens is 316 g/mol. The molecule has 0 atom stereocenters. The molecule has 0 unspecified atom stereocenters. The van der Waals surface area contributed by atoms with Gasteiger partial charge in [-0.1, -0.05) is 23.7 Å². The van der Waals surface area contributed by atoms with E-state index in [1.165, 1.54) is 11.3 Å². The van der Waals surface area contributed by atoms with E-state index in [4.69, 9.17) is 22.1 Å². The average molecular weight is 327 g/mol. The fourth-order valence-electron chi connectivity index (χ4n) is 1.36. The topological polar surface area (TPSA) is 72.5 Å². The average Bonchev–Trinajstić information content (AvgIpc) is 2.82. The van der Waals surface area contributed by atoms with E-state index in [0.717, 1.165) is 16.2 Å². The van der Waals surface area contributed by atoms with E-state index in [2.05, 4.69) is 27.7 Å². The zero-order chi connectivity index (χ0) is 14.4. The minimum absolute atomic E-state index is 0.121. The lowest BCUT2D eigenvalue weighted by Crippen LogP contribution is -2.23. The lowest BCUT2D eigenvalue weighted by Gasteiger charge is -2.04. The van der Waals surface area contributed by atoms with E-state index in [1.807, 2.05) is 24.3 Å². The largest absolute Gasteiger partial charge is 0.488 e. The summed E-state index contributed by atoms with van der Waals surface area (Å²) in [7, 11) is 0. The molecule has 1 heterocycles. The molecule has 20 heavy (non-hydrogen) atoms. The van der Waals surface area contributed by atoms with Gasteiger partial charge in [-0.2, -0.15) is 5.10 Å². The number of benzene rings is 1. The molecule has 2 rings (SSSR count). The molecule has 0 bridgehead atoms. The van der Waals surface area contributed by atoms with Gasteiger partial charge < -0.3 is 10.5 Å². The summed E-state index contributed by atoms with van der Waals surface area (Å²) in [6, 6.07) is 7.48. The summed E-state index contributed by atoms with van der Waals surface area (Å²) >= 11 is 11.8. The minimum atomic E-state index is 0.121. The molecule has 104 valence electrons. The van der Waals surface area contributed by atoms with Crippen molar-refractivity contribution in [1.82, 2.24) is 10.4 Å². The zero-order valence-corrected chi connectivity index (χ0v) is 12.6. The Labute approximate surface area is 130 Å². The Balaban J connectivity index is 1.95. The van der Waals surface area contributed by atoms with Gasteiger partial charge in [0.15, 0.2) is 9.58 Å². The summed E-state index contributed by atoms with van der Waals surface area (Å²) in [4.78, 5) is 4.92. The molecule has 0 saturated heterocycles. The van der Waals surface area contributed by atoms with Crippen LogP contribution in [0.2, 0.25) is 4.47 Å². The van der Waals surface area contributed by atoms with Gasteiger partial charge in [-0.3, -0.25) is 5.43 Å². The predicted molar refractivity (Wildman–Crippen MR) is 85.4 cm³/mol. The summed E-state index contributed by atoms with van der Waals surface area (Å²) < 4.78 is 6.16. The minimum Gasteiger partial charge on any atom is -0.488 e. The highest BCUT2D eigenvalue weighted by molar-refractivity contribution is 7.80. The Hall–Kier alpha value is -1.70. The summed E-state index contributed by atoms with van der Waals surface area (Å²) in [6.45, 7) is 0.427. The van der Waals surface area contributed by atoms with Gasteiger partial charge in [-0.25, -0.2) is 4.98 Å². The van der Waals surface area contributed by atoms with Gasteiger partial charge in [-0.15, -0.1) is 11.3 Å². The molecule has 0 radical (unpaired) electrons. The fraction of sp³-hybridized carbons (Fsp3) is 0.0833. The maximum absolute atomic E-state index is 5.76. The number of aromatic nitrogens is 1. The van der Waals surface area contributed by atoms with Crippen LogP contribution in [-0.2, 0) is 6.61 Å². The molecule has 0 aliphatic heterocycles. The maximum Gasteiger partial charge on any atom is 0.184 e. The SMILES string of the molecule is NC(=S)N/N=C/c1cccc(OCc2cnc(Cl)s2)c1. The monoisotopic (exact) mass is 326 g/mol. The third-order valence-corrected chi connectivity index (χ3v) is 3.33. The molecule has 1 aromatic carbocycles. The number of nitrogens with two attached hydrogens (primary N) is 1. The third-order valence-electron chi connectivity index (χ3n) is 2.15. The fourth-order valence-corrected chi connectivity index (χ4v) is 2.30. The van der Waals surface area contributed by atoms with E-state index in [0.29, 0.717) is 11.1 Å². The summed E-state index contributed by atoms with van der Waals surface area (Å²) in [5, 5.41) is 4.00. The van der Waals surface area contributed by atoms with Gasteiger partial charge in [0.2, 0.25) is 0 Å². The van der Waals surface area contributed by atoms with Crippen molar-refractivity contribution in [1.29, 1.82) is 0 Å². The number of thiocarbonyl (C=S) groups is 1. The quantitative estimate of drug-likeness (QED) is 0.502. The van der Waals surface area contributed by atoms with Crippen LogP contribution in [0.3, 0.4) is 0 Å². The normalized spacial score (nSPS) is 10.7. The molecule has 8 heteroatoms. The number of halogens is 1. The van der Waals surface area contributed by atoms with Crippen molar-refractivity contribution in [2.45, 2.75) is 6.61 Å². The number of ether oxygens (including phenoxy) is 1. The molecule has 1 aromatic heterocycles. The Morgan fingerprint density at radius 2 is 2.45 bits per heavy atom. The van der Waals surface area contributed by atoms with Crippen molar-refractivity contribution in [3.8, 4) is 5.75 Å². The van der Waals surface area contributed by atoms with Gasteiger partial charge in [-0.05, 0) is 29.9 Å². The summed E-state index contributed by atoms with van der Waals surface area (Å²) in [5.74, 6) is 0.730. The second-order valence-electron chi connectivity index (χ2n) is 3.67. The molecule has 0 saturated carbocycles. The van der Waals surface area contributed by atoms with Crippen LogP contribution in [0.4, 0.5) is 0 Å². The first-order chi connectivity index (χ1) is 9.63. The first-order valence-electron chi connectivity index (χ1n) is 5.55. The number of hydrazone groups is 1. The Kier molecular flexibility index (Phi) is 5.28. The van der Waals surface area contributed by atoms with E-state index in [-0.39, 0.29) is 5.11 Å². The lowest BCUT2D eigenvalue weighted by molar-refractivity contribution is 0.309. The van der Waals surface area contributed by atoms with Gasteiger partial charge in [0.25, 0.3) is 0 Å². The molecule has 2 aromatic rings. The molecule has 3 N–H and O–H groups in total. The van der Waals surface area contributed by atoms with Crippen LogP contribution in [-0.4, -0.2) is 16.3 Å². The second kappa shape index (κ2) is 7.18. The summed E-state index contributed by atoms with van der Waals surface area (Å²) in [5.41, 5.74) is 8.63. The van der Waals surface area contributed by atoms with Crippen molar-refractivity contribution >= 4 is 46.5 Å². The number of nitrogens with one attached hydrogen (secondary N) is 1. The van der Waals surface area contributed by atoms with Gasteiger partial charge in [0.1, 0.15) is 12.4 Å². The molecule has 0 aliphatic rings. The zero-order valence-electron chi connectivity index (χ0n) is 10.2. The van der Waals surface area contributed by atoms with Gasteiger partial charge in [0.05, 0.1) is 11.1 Å². The molecule has 0 spiro atoms. The third kappa shape index (κ3) is 4.76. The van der Waals surface area contributed by atoms with E-state index < -0.39 is 0 Å². The number of hydrogen-bond donors (Lipinski definition) is 2. The van der Waals surface area contributed by atoms with Crippen LogP contribution in [0.1, 0.15) is 10.4 Å². The highest BCUT2D eigenvalue weighted by atomic mass is 35.5. The predicted octanol–water partition coefficient (Wildman–Crippen LogP) is 2.54. The number of thiazole rings is 1. The molecule has 5 nitrogen and oxygen atoms in total. The van der Waals surface area contributed by atoms with Gasteiger partial charge in [0, 0.05) is 6.20 Å². The lowest BCUT2D eigenvalue weighted by atomic mass is 10.2. The van der Waals surface area contributed by atoms with Crippen molar-refractivity contribution in [2.24, 2.45) is 10.8 Å². The van der Waals surface area contributed by atoms with E-state index >= 15 is 0 Å².